The Morgan fingerprint density at radius 2 is 2.27 bits per heavy atom. The molecule has 0 amide bonds. The average Bonchev–Trinajstić information content (AvgIpc) is 2.46. The van der Waals surface area contributed by atoms with Gasteiger partial charge in [0.25, 0.3) is 5.89 Å². The van der Waals surface area contributed by atoms with Crippen LogP contribution in [-0.2, 0) is 7.05 Å². The molecule has 5 nitrogen and oxygen atoms in total. The molecule has 6 heteroatoms. The van der Waals surface area contributed by atoms with Gasteiger partial charge in [0.05, 0.1) is 5.56 Å². The van der Waals surface area contributed by atoms with Gasteiger partial charge < -0.3 is 10.2 Å². The Morgan fingerprint density at radius 1 is 1.53 bits per heavy atom. The molecule has 0 fully saturated rings. The minimum absolute atomic E-state index is 0.191. The molecule has 2 aromatic rings. The van der Waals surface area contributed by atoms with Crippen LogP contribution in [-0.4, -0.2) is 9.78 Å². The number of hydrogen-bond donors (Lipinski definition) is 1. The highest BCUT2D eigenvalue weighted by Crippen LogP contribution is 2.25. The van der Waals surface area contributed by atoms with Crippen molar-refractivity contribution < 1.29 is 4.42 Å². The molecule has 0 aliphatic heterocycles. The van der Waals surface area contributed by atoms with Gasteiger partial charge in [0.15, 0.2) is 0 Å². The van der Waals surface area contributed by atoms with Crippen LogP contribution in [0.1, 0.15) is 0 Å². The van der Waals surface area contributed by atoms with Gasteiger partial charge in [-0.25, -0.2) is 4.79 Å². The molecular weight excluding hydrogens is 218 g/mol. The molecule has 0 saturated heterocycles. The van der Waals surface area contributed by atoms with E-state index >= 15 is 0 Å². The zero-order valence-electron chi connectivity index (χ0n) is 7.90. The van der Waals surface area contributed by atoms with E-state index in [0.29, 0.717) is 16.3 Å². The van der Waals surface area contributed by atoms with Crippen molar-refractivity contribution in [3.63, 3.8) is 0 Å². The first-order chi connectivity index (χ1) is 7.08. The van der Waals surface area contributed by atoms with Crippen molar-refractivity contribution in [3.8, 4) is 11.5 Å². The Kier molecular flexibility index (Phi) is 2.24. The number of halogens is 1. The molecule has 0 radical (unpaired) electrons. The Morgan fingerprint density at radius 3 is 2.80 bits per heavy atom. The Hall–Kier alpha value is -1.75. The van der Waals surface area contributed by atoms with Crippen LogP contribution in [0.15, 0.2) is 27.4 Å². The maximum absolute atomic E-state index is 11.1. The summed E-state index contributed by atoms with van der Waals surface area (Å²) in [5.41, 5.74) is 6.69. The minimum Gasteiger partial charge on any atom is -0.398 e. The lowest BCUT2D eigenvalue weighted by Crippen LogP contribution is -2.09. The third-order valence-corrected chi connectivity index (χ3v) is 2.17. The molecule has 0 unspecified atom stereocenters. The Bertz CT molecular complexity index is 559. The highest BCUT2D eigenvalue weighted by Gasteiger charge is 2.10. The molecule has 0 aliphatic rings. The smallest absolute Gasteiger partial charge is 0.398 e. The highest BCUT2D eigenvalue weighted by molar-refractivity contribution is 6.31. The first kappa shape index (κ1) is 9.79. The Balaban J connectivity index is 2.59. The van der Waals surface area contributed by atoms with Gasteiger partial charge >= 0.3 is 5.76 Å². The summed E-state index contributed by atoms with van der Waals surface area (Å²) in [7, 11) is 1.50. The summed E-state index contributed by atoms with van der Waals surface area (Å²) in [5.74, 6) is -0.337. The third kappa shape index (κ3) is 1.73. The van der Waals surface area contributed by atoms with Crippen molar-refractivity contribution in [3.05, 3.63) is 33.8 Å². The fourth-order valence-corrected chi connectivity index (χ4v) is 1.36. The quantitative estimate of drug-likeness (QED) is 0.742. The fourth-order valence-electron chi connectivity index (χ4n) is 1.18. The molecule has 0 bridgehead atoms. The third-order valence-electron chi connectivity index (χ3n) is 1.93. The van der Waals surface area contributed by atoms with Crippen molar-refractivity contribution in [2.24, 2.45) is 7.05 Å². The van der Waals surface area contributed by atoms with E-state index in [1.807, 2.05) is 0 Å². The van der Waals surface area contributed by atoms with Crippen LogP contribution in [0.5, 0.6) is 0 Å². The van der Waals surface area contributed by atoms with Crippen LogP contribution in [0, 0.1) is 0 Å². The van der Waals surface area contributed by atoms with Crippen molar-refractivity contribution >= 4 is 17.3 Å². The first-order valence-electron chi connectivity index (χ1n) is 4.17. The molecular formula is C9H8ClN3O2. The second kappa shape index (κ2) is 3.43. The normalized spacial score (nSPS) is 10.5. The maximum atomic E-state index is 11.1. The second-order valence-electron chi connectivity index (χ2n) is 3.03. The number of benzene rings is 1. The summed E-state index contributed by atoms with van der Waals surface area (Å²) < 4.78 is 5.99. The van der Waals surface area contributed by atoms with Crippen LogP contribution < -0.4 is 11.5 Å². The lowest BCUT2D eigenvalue weighted by atomic mass is 10.2. The van der Waals surface area contributed by atoms with Gasteiger partial charge in [-0.15, -0.1) is 5.10 Å². The zero-order chi connectivity index (χ0) is 11.0. The first-order valence-corrected chi connectivity index (χ1v) is 4.55. The van der Waals surface area contributed by atoms with Crippen LogP contribution >= 0.6 is 11.6 Å². The molecule has 2 rings (SSSR count). The van der Waals surface area contributed by atoms with Crippen molar-refractivity contribution in [2.45, 2.75) is 0 Å². The summed E-state index contributed by atoms with van der Waals surface area (Å²) in [4.78, 5) is 11.1. The number of hydrogen-bond acceptors (Lipinski definition) is 4. The van der Waals surface area contributed by atoms with E-state index in [1.54, 1.807) is 18.2 Å². The van der Waals surface area contributed by atoms with Gasteiger partial charge in [0.1, 0.15) is 0 Å². The van der Waals surface area contributed by atoms with Crippen LogP contribution in [0.25, 0.3) is 11.5 Å². The molecule has 0 aliphatic carbocycles. The van der Waals surface area contributed by atoms with Crippen molar-refractivity contribution in [2.75, 3.05) is 5.73 Å². The Labute approximate surface area is 90.1 Å². The van der Waals surface area contributed by atoms with Gasteiger partial charge in [-0.1, -0.05) is 11.6 Å². The standard InChI is InChI=1S/C9H8ClN3O2/c1-13-9(14)15-8(12-13)6-3-2-5(10)4-7(6)11/h2-4H,11H2,1H3. The SMILES string of the molecule is Cn1nc(-c2ccc(Cl)cc2N)oc1=O. The number of nitrogen functional groups attached to an aromatic ring is 1. The van der Waals surface area contributed by atoms with Gasteiger partial charge in [-0.05, 0) is 18.2 Å². The zero-order valence-corrected chi connectivity index (χ0v) is 8.65. The van der Waals surface area contributed by atoms with Gasteiger partial charge in [0, 0.05) is 17.8 Å². The molecule has 0 atom stereocenters. The second-order valence-corrected chi connectivity index (χ2v) is 3.46. The van der Waals surface area contributed by atoms with E-state index in [2.05, 4.69) is 5.10 Å². The van der Waals surface area contributed by atoms with E-state index in [0.717, 1.165) is 4.68 Å². The number of aryl methyl sites for hydroxylation is 1. The molecule has 2 N–H and O–H groups in total. The van der Waals surface area contributed by atoms with Crippen LogP contribution in [0.2, 0.25) is 5.02 Å². The van der Waals surface area contributed by atoms with E-state index in [1.165, 1.54) is 7.05 Å². The minimum atomic E-state index is -0.528. The summed E-state index contributed by atoms with van der Waals surface area (Å²) in [6, 6.07) is 4.89. The van der Waals surface area contributed by atoms with Crippen LogP contribution in [0.4, 0.5) is 5.69 Å². The van der Waals surface area contributed by atoms with Gasteiger partial charge in [-0.2, -0.15) is 4.68 Å². The van der Waals surface area contributed by atoms with E-state index in [9.17, 15) is 4.79 Å². The largest absolute Gasteiger partial charge is 0.437 e. The summed E-state index contributed by atoms with van der Waals surface area (Å²) in [6.07, 6.45) is 0. The topological polar surface area (TPSA) is 74.1 Å². The fraction of sp³-hybridized carbons (Fsp3) is 0.111. The number of rotatable bonds is 1. The molecule has 15 heavy (non-hydrogen) atoms. The summed E-state index contributed by atoms with van der Waals surface area (Å²) in [5, 5.41) is 4.41. The summed E-state index contributed by atoms with van der Waals surface area (Å²) in [6.45, 7) is 0. The summed E-state index contributed by atoms with van der Waals surface area (Å²) >= 11 is 5.74. The van der Waals surface area contributed by atoms with E-state index < -0.39 is 5.76 Å². The molecule has 0 spiro atoms. The number of nitrogens with two attached hydrogens (primary N) is 1. The predicted molar refractivity (Wildman–Crippen MR) is 56.6 cm³/mol. The average molecular weight is 226 g/mol. The van der Waals surface area contributed by atoms with E-state index in [4.69, 9.17) is 21.8 Å². The lowest BCUT2D eigenvalue weighted by Gasteiger charge is -2.00. The molecule has 1 aromatic carbocycles. The number of anilines is 1. The van der Waals surface area contributed by atoms with E-state index in [-0.39, 0.29) is 5.89 Å². The molecule has 1 heterocycles. The lowest BCUT2D eigenvalue weighted by molar-refractivity contribution is 0.505. The molecule has 1 aromatic heterocycles. The highest BCUT2D eigenvalue weighted by atomic mass is 35.5. The van der Waals surface area contributed by atoms with Crippen molar-refractivity contribution in [1.29, 1.82) is 0 Å². The monoisotopic (exact) mass is 225 g/mol. The predicted octanol–water partition coefficient (Wildman–Crippen LogP) is 1.28. The van der Waals surface area contributed by atoms with Gasteiger partial charge in [0.2, 0.25) is 0 Å². The molecule has 0 saturated carbocycles. The maximum Gasteiger partial charge on any atom is 0.437 e. The van der Waals surface area contributed by atoms with Crippen LogP contribution in [0.3, 0.4) is 0 Å². The number of nitrogens with zero attached hydrogens (tertiary/aromatic N) is 2. The van der Waals surface area contributed by atoms with Gasteiger partial charge in [-0.3, -0.25) is 0 Å². The van der Waals surface area contributed by atoms with Crippen molar-refractivity contribution in [1.82, 2.24) is 9.78 Å². The molecule has 78 valence electrons. The number of aromatic nitrogens is 2.